The average Bonchev–Trinajstić information content (AvgIpc) is 2.80. The van der Waals surface area contributed by atoms with Crippen molar-refractivity contribution < 1.29 is 14.3 Å². The molecule has 30 heavy (non-hydrogen) atoms. The van der Waals surface area contributed by atoms with E-state index in [9.17, 15) is 4.79 Å². The number of hydrogen-bond donors (Lipinski definition) is 1. The SMILES string of the molecule is COc1ccc(Cl)cc1NC(=O)N1CCN(c2cnnc(N3CCOCC3)c2)CC1. The number of anilines is 3. The molecule has 2 fully saturated rings. The fourth-order valence-electron chi connectivity index (χ4n) is 3.61. The van der Waals surface area contributed by atoms with E-state index >= 15 is 0 Å². The van der Waals surface area contributed by atoms with E-state index in [-0.39, 0.29) is 6.03 Å². The number of urea groups is 1. The molecule has 1 aromatic carbocycles. The molecule has 160 valence electrons. The van der Waals surface area contributed by atoms with Gasteiger partial charge in [-0.25, -0.2) is 4.79 Å². The molecule has 0 aliphatic carbocycles. The van der Waals surface area contributed by atoms with E-state index < -0.39 is 0 Å². The first-order chi connectivity index (χ1) is 14.6. The van der Waals surface area contributed by atoms with Gasteiger partial charge in [-0.15, -0.1) is 5.10 Å². The van der Waals surface area contributed by atoms with Crippen LogP contribution < -0.4 is 19.9 Å². The van der Waals surface area contributed by atoms with Crippen molar-refractivity contribution in [3.05, 3.63) is 35.5 Å². The minimum Gasteiger partial charge on any atom is -0.495 e. The molecule has 4 rings (SSSR count). The molecule has 2 saturated heterocycles. The highest BCUT2D eigenvalue weighted by Crippen LogP contribution is 2.28. The maximum atomic E-state index is 12.7. The van der Waals surface area contributed by atoms with Gasteiger partial charge in [0, 0.05) is 50.4 Å². The number of carbonyl (C=O) groups excluding carboxylic acids is 1. The van der Waals surface area contributed by atoms with Crippen LogP contribution in [0.15, 0.2) is 30.5 Å². The highest BCUT2D eigenvalue weighted by molar-refractivity contribution is 6.31. The number of carbonyl (C=O) groups is 1. The molecule has 2 aliphatic rings. The maximum Gasteiger partial charge on any atom is 0.322 e. The second-order valence-electron chi connectivity index (χ2n) is 7.12. The molecule has 2 aromatic rings. The number of nitrogens with zero attached hydrogens (tertiary/aromatic N) is 5. The van der Waals surface area contributed by atoms with E-state index in [4.69, 9.17) is 21.1 Å². The Bertz CT molecular complexity index is 885. The number of hydrogen-bond acceptors (Lipinski definition) is 7. The van der Waals surface area contributed by atoms with Crippen LogP contribution in [0.25, 0.3) is 0 Å². The van der Waals surface area contributed by atoms with E-state index in [0.717, 1.165) is 24.6 Å². The summed E-state index contributed by atoms with van der Waals surface area (Å²) < 4.78 is 10.7. The number of piperazine rings is 1. The van der Waals surface area contributed by atoms with Gasteiger partial charge in [-0.1, -0.05) is 11.6 Å². The van der Waals surface area contributed by atoms with E-state index in [2.05, 4.69) is 31.4 Å². The molecule has 0 saturated carbocycles. The fourth-order valence-corrected chi connectivity index (χ4v) is 3.78. The van der Waals surface area contributed by atoms with Gasteiger partial charge in [-0.05, 0) is 18.2 Å². The third-order valence-electron chi connectivity index (χ3n) is 5.30. The van der Waals surface area contributed by atoms with E-state index in [0.29, 0.717) is 55.9 Å². The smallest absolute Gasteiger partial charge is 0.322 e. The number of aromatic nitrogens is 2. The summed E-state index contributed by atoms with van der Waals surface area (Å²) in [6, 6.07) is 7.04. The molecule has 0 radical (unpaired) electrons. The highest BCUT2D eigenvalue weighted by atomic mass is 35.5. The van der Waals surface area contributed by atoms with Crippen LogP contribution in [0, 0.1) is 0 Å². The summed E-state index contributed by atoms with van der Waals surface area (Å²) >= 11 is 6.05. The lowest BCUT2D eigenvalue weighted by Crippen LogP contribution is -2.50. The second kappa shape index (κ2) is 9.36. The molecule has 0 atom stereocenters. The van der Waals surface area contributed by atoms with Gasteiger partial charge in [0.2, 0.25) is 0 Å². The first-order valence-electron chi connectivity index (χ1n) is 9.94. The Labute approximate surface area is 180 Å². The minimum absolute atomic E-state index is 0.169. The molecule has 3 heterocycles. The maximum absolute atomic E-state index is 12.7. The first-order valence-corrected chi connectivity index (χ1v) is 10.3. The standard InChI is InChI=1S/C20H25ClN6O3/c1-29-18-3-2-15(21)12-17(18)23-20(28)27-6-4-25(5-7-27)16-13-19(24-22-14-16)26-8-10-30-11-9-26/h2-3,12-14H,4-11H2,1H3,(H,23,28). The number of amides is 2. The molecule has 1 N–H and O–H groups in total. The Kier molecular flexibility index (Phi) is 6.39. The Morgan fingerprint density at radius 1 is 1.10 bits per heavy atom. The van der Waals surface area contributed by atoms with Crippen LogP contribution in [0.5, 0.6) is 5.75 Å². The molecule has 0 spiro atoms. The second-order valence-corrected chi connectivity index (χ2v) is 7.56. The fraction of sp³-hybridized carbons (Fsp3) is 0.450. The predicted molar refractivity (Wildman–Crippen MR) is 116 cm³/mol. The third-order valence-corrected chi connectivity index (χ3v) is 5.53. The summed E-state index contributed by atoms with van der Waals surface area (Å²) in [7, 11) is 1.56. The van der Waals surface area contributed by atoms with Crippen molar-refractivity contribution in [2.45, 2.75) is 0 Å². The topological polar surface area (TPSA) is 83.1 Å². The zero-order valence-corrected chi connectivity index (χ0v) is 17.6. The summed E-state index contributed by atoms with van der Waals surface area (Å²) in [6.45, 7) is 5.68. The summed E-state index contributed by atoms with van der Waals surface area (Å²) in [4.78, 5) is 18.9. The lowest BCUT2D eigenvalue weighted by molar-refractivity contribution is 0.122. The van der Waals surface area contributed by atoms with Crippen LogP contribution in [-0.2, 0) is 4.74 Å². The van der Waals surface area contributed by atoms with Gasteiger partial charge in [0.1, 0.15) is 5.75 Å². The summed E-state index contributed by atoms with van der Waals surface area (Å²) in [5.74, 6) is 1.44. The van der Waals surface area contributed by atoms with Crippen LogP contribution in [0.2, 0.25) is 5.02 Å². The molecule has 10 heteroatoms. The quantitative estimate of drug-likeness (QED) is 0.793. The normalized spacial score (nSPS) is 17.1. The minimum atomic E-state index is -0.169. The number of halogens is 1. The van der Waals surface area contributed by atoms with Crippen LogP contribution >= 0.6 is 11.6 Å². The van der Waals surface area contributed by atoms with Gasteiger partial charge < -0.3 is 29.5 Å². The molecule has 1 aromatic heterocycles. The Morgan fingerprint density at radius 3 is 2.60 bits per heavy atom. The molecule has 9 nitrogen and oxygen atoms in total. The van der Waals surface area contributed by atoms with Crippen LogP contribution in [-0.4, -0.2) is 80.7 Å². The van der Waals surface area contributed by atoms with Crippen LogP contribution in [0.1, 0.15) is 0 Å². The van der Waals surface area contributed by atoms with E-state index in [1.54, 1.807) is 36.4 Å². The van der Waals surface area contributed by atoms with Gasteiger partial charge in [0.05, 0.1) is 37.9 Å². The number of methoxy groups -OCH3 is 1. The van der Waals surface area contributed by atoms with Gasteiger partial charge >= 0.3 is 6.03 Å². The van der Waals surface area contributed by atoms with Gasteiger partial charge in [0.25, 0.3) is 0 Å². The summed E-state index contributed by atoms with van der Waals surface area (Å²) in [5, 5.41) is 11.9. The Morgan fingerprint density at radius 2 is 1.87 bits per heavy atom. The van der Waals surface area contributed by atoms with Crippen molar-refractivity contribution in [2.75, 3.05) is 74.7 Å². The van der Waals surface area contributed by atoms with Gasteiger partial charge in [0.15, 0.2) is 5.82 Å². The lowest BCUT2D eigenvalue weighted by atomic mass is 10.2. The zero-order chi connectivity index (χ0) is 20.9. The van der Waals surface area contributed by atoms with Gasteiger partial charge in [-0.2, -0.15) is 5.10 Å². The molecular formula is C20H25ClN6O3. The van der Waals surface area contributed by atoms with Crippen molar-refractivity contribution in [1.29, 1.82) is 0 Å². The summed E-state index contributed by atoms with van der Waals surface area (Å²) in [6.07, 6.45) is 1.77. The van der Waals surface area contributed by atoms with Crippen LogP contribution in [0.4, 0.5) is 22.0 Å². The molecule has 2 aliphatic heterocycles. The first kappa shape index (κ1) is 20.5. The van der Waals surface area contributed by atoms with Gasteiger partial charge in [-0.3, -0.25) is 0 Å². The predicted octanol–water partition coefficient (Wildman–Crippen LogP) is 2.33. The average molecular weight is 433 g/mol. The number of ether oxygens (including phenoxy) is 2. The van der Waals surface area contributed by atoms with Crippen molar-refractivity contribution >= 4 is 34.8 Å². The summed E-state index contributed by atoms with van der Waals surface area (Å²) in [5.41, 5.74) is 1.58. The van der Waals surface area contributed by atoms with Crippen LogP contribution in [0.3, 0.4) is 0 Å². The Balaban J connectivity index is 1.36. The van der Waals surface area contributed by atoms with E-state index in [1.165, 1.54) is 0 Å². The lowest BCUT2D eigenvalue weighted by Gasteiger charge is -2.36. The van der Waals surface area contributed by atoms with Crippen molar-refractivity contribution in [2.24, 2.45) is 0 Å². The zero-order valence-electron chi connectivity index (χ0n) is 16.9. The number of nitrogens with one attached hydrogen (secondary N) is 1. The number of benzene rings is 1. The largest absolute Gasteiger partial charge is 0.495 e. The van der Waals surface area contributed by atoms with E-state index in [1.807, 2.05) is 0 Å². The van der Waals surface area contributed by atoms with Crippen molar-refractivity contribution in [1.82, 2.24) is 15.1 Å². The molecular weight excluding hydrogens is 408 g/mol. The Hall–Kier alpha value is -2.78. The number of rotatable bonds is 4. The highest BCUT2D eigenvalue weighted by Gasteiger charge is 2.23. The molecule has 2 amide bonds. The monoisotopic (exact) mass is 432 g/mol. The van der Waals surface area contributed by atoms with Crippen molar-refractivity contribution in [3.8, 4) is 5.75 Å². The third kappa shape index (κ3) is 4.68. The molecule has 0 bridgehead atoms. The number of morpholine rings is 1. The molecule has 0 unspecified atom stereocenters. The van der Waals surface area contributed by atoms with Crippen molar-refractivity contribution in [3.63, 3.8) is 0 Å².